The first kappa shape index (κ1) is 27.3. The zero-order valence-electron chi connectivity index (χ0n) is 19.3. The van der Waals surface area contributed by atoms with E-state index in [0.717, 1.165) is 5.56 Å². The fourth-order valence-corrected chi connectivity index (χ4v) is 3.30. The van der Waals surface area contributed by atoms with Gasteiger partial charge in [-0.2, -0.15) is 0 Å². The van der Waals surface area contributed by atoms with Crippen molar-refractivity contribution in [1.29, 1.82) is 0 Å². The second-order valence-corrected chi connectivity index (χ2v) is 8.26. The van der Waals surface area contributed by atoms with E-state index < -0.39 is 24.6 Å². The Morgan fingerprint density at radius 2 is 1.79 bits per heavy atom. The molecule has 0 saturated heterocycles. The summed E-state index contributed by atoms with van der Waals surface area (Å²) in [6, 6.07) is 13.5. The average Bonchev–Trinajstić information content (AvgIpc) is 2.78. The van der Waals surface area contributed by atoms with Crippen molar-refractivity contribution < 1.29 is 27.4 Å². The van der Waals surface area contributed by atoms with E-state index in [4.69, 9.17) is 21.1 Å². The zero-order valence-corrected chi connectivity index (χ0v) is 20.1. The molecule has 2 aromatic carbocycles. The summed E-state index contributed by atoms with van der Waals surface area (Å²) in [6.07, 6.45) is 0.334. The molecule has 0 aromatic heterocycles. The van der Waals surface area contributed by atoms with E-state index >= 15 is 0 Å². The highest BCUT2D eigenvalue weighted by Crippen LogP contribution is 2.27. The lowest BCUT2D eigenvalue weighted by Gasteiger charge is -2.29. The van der Waals surface area contributed by atoms with Crippen LogP contribution in [0.1, 0.15) is 19.4 Å². The molecule has 0 bridgehead atoms. The van der Waals surface area contributed by atoms with Crippen molar-refractivity contribution in [2.24, 2.45) is 5.92 Å². The molecule has 0 aliphatic rings. The van der Waals surface area contributed by atoms with E-state index in [-0.39, 0.29) is 18.8 Å². The summed E-state index contributed by atoms with van der Waals surface area (Å²) >= 11 is 5.87. The van der Waals surface area contributed by atoms with Gasteiger partial charge in [0.05, 0.1) is 5.92 Å². The molecule has 2 rings (SSSR count). The Morgan fingerprint density at radius 1 is 1.09 bits per heavy atom. The number of alkyl halides is 3. The number of rotatable bonds is 13. The van der Waals surface area contributed by atoms with Crippen LogP contribution in [-0.4, -0.2) is 43.5 Å². The molecule has 34 heavy (non-hydrogen) atoms. The normalized spacial score (nSPS) is 14.6. The van der Waals surface area contributed by atoms with Crippen molar-refractivity contribution in [2.75, 3.05) is 13.7 Å². The number of hydrogen-bond acceptors (Lipinski definition) is 4. The van der Waals surface area contributed by atoms with Crippen LogP contribution < -0.4 is 9.47 Å². The lowest BCUT2D eigenvalue weighted by Crippen LogP contribution is -2.31. The van der Waals surface area contributed by atoms with Gasteiger partial charge in [-0.25, -0.2) is 13.2 Å². The SMILES string of the molecule is CC(F)/C=C\C=C(/C(COc1ccc(Cl)cc1)C(F)F)N(C)Cc1cccc(OC(C)C=O)c1. The number of carbonyl (C=O) groups is 1. The molecule has 0 fully saturated rings. The quantitative estimate of drug-likeness (QED) is 0.235. The van der Waals surface area contributed by atoms with Crippen molar-refractivity contribution in [3.63, 3.8) is 0 Å². The molecule has 0 spiro atoms. The lowest BCUT2D eigenvalue weighted by atomic mass is 10.0. The Hall–Kier alpha value is -2.93. The fourth-order valence-electron chi connectivity index (χ4n) is 3.17. The Bertz CT molecular complexity index is 964. The predicted octanol–water partition coefficient (Wildman–Crippen LogP) is 6.50. The van der Waals surface area contributed by atoms with Crippen LogP contribution in [0.15, 0.2) is 72.5 Å². The monoisotopic (exact) mass is 495 g/mol. The summed E-state index contributed by atoms with van der Waals surface area (Å²) in [4.78, 5) is 12.5. The van der Waals surface area contributed by atoms with E-state index in [1.165, 1.54) is 25.2 Å². The van der Waals surface area contributed by atoms with Gasteiger partial charge >= 0.3 is 0 Å². The third kappa shape index (κ3) is 9.14. The summed E-state index contributed by atoms with van der Waals surface area (Å²) < 4.78 is 52.7. The van der Waals surface area contributed by atoms with E-state index in [2.05, 4.69) is 0 Å². The van der Waals surface area contributed by atoms with Gasteiger partial charge in [-0.3, -0.25) is 4.79 Å². The van der Waals surface area contributed by atoms with Crippen LogP contribution in [-0.2, 0) is 11.3 Å². The van der Waals surface area contributed by atoms with E-state index in [1.807, 2.05) is 6.07 Å². The minimum Gasteiger partial charge on any atom is -0.493 e. The molecule has 0 aliphatic carbocycles. The third-order valence-electron chi connectivity index (χ3n) is 4.84. The summed E-state index contributed by atoms with van der Waals surface area (Å²) in [5.41, 5.74) is 1.08. The highest BCUT2D eigenvalue weighted by atomic mass is 35.5. The van der Waals surface area contributed by atoms with Crippen LogP contribution >= 0.6 is 11.6 Å². The summed E-state index contributed by atoms with van der Waals surface area (Å²) in [6.45, 7) is 2.97. The molecule has 4 nitrogen and oxygen atoms in total. The van der Waals surface area contributed by atoms with Crippen LogP contribution in [0.5, 0.6) is 11.5 Å². The Kier molecular flexibility index (Phi) is 11.0. The average molecular weight is 496 g/mol. The topological polar surface area (TPSA) is 38.8 Å². The number of ether oxygens (including phenoxy) is 2. The molecule has 3 atom stereocenters. The number of benzene rings is 2. The minimum absolute atomic E-state index is 0.279. The molecule has 2 aromatic rings. The third-order valence-corrected chi connectivity index (χ3v) is 5.10. The lowest BCUT2D eigenvalue weighted by molar-refractivity contribution is -0.113. The Morgan fingerprint density at radius 3 is 2.41 bits per heavy atom. The maximum Gasteiger partial charge on any atom is 0.250 e. The Balaban J connectivity index is 2.25. The van der Waals surface area contributed by atoms with Gasteiger partial charge in [0.2, 0.25) is 6.43 Å². The van der Waals surface area contributed by atoms with E-state index in [0.29, 0.717) is 22.8 Å². The molecule has 0 N–H and O–H groups in total. The smallest absolute Gasteiger partial charge is 0.250 e. The van der Waals surface area contributed by atoms with Gasteiger partial charge in [-0.1, -0.05) is 35.9 Å². The van der Waals surface area contributed by atoms with Crippen LogP contribution in [0, 0.1) is 5.92 Å². The number of hydrogen-bond donors (Lipinski definition) is 0. The number of carbonyl (C=O) groups excluding carboxylic acids is 1. The number of allylic oxidation sites excluding steroid dienone is 3. The maximum absolute atomic E-state index is 14.1. The molecular weight excluding hydrogens is 467 g/mol. The predicted molar refractivity (Wildman–Crippen MR) is 128 cm³/mol. The molecule has 184 valence electrons. The minimum atomic E-state index is -2.72. The van der Waals surface area contributed by atoms with Gasteiger partial charge in [0.15, 0.2) is 12.4 Å². The van der Waals surface area contributed by atoms with Gasteiger partial charge < -0.3 is 14.4 Å². The number of nitrogens with zero attached hydrogens (tertiary/aromatic N) is 1. The summed E-state index contributed by atoms with van der Waals surface area (Å²) in [5, 5.41) is 0.511. The maximum atomic E-state index is 14.1. The van der Waals surface area contributed by atoms with Crippen LogP contribution in [0.2, 0.25) is 5.02 Å². The molecule has 8 heteroatoms. The van der Waals surface area contributed by atoms with Crippen molar-refractivity contribution in [1.82, 2.24) is 4.90 Å². The van der Waals surface area contributed by atoms with Crippen molar-refractivity contribution in [3.05, 3.63) is 83.0 Å². The summed E-state index contributed by atoms with van der Waals surface area (Å²) in [7, 11) is 1.68. The van der Waals surface area contributed by atoms with E-state index in [1.54, 1.807) is 61.3 Å². The molecule has 0 aliphatic heterocycles. The molecular formula is C26H29ClF3NO3. The zero-order chi connectivity index (χ0) is 25.1. The second kappa shape index (κ2) is 13.7. The van der Waals surface area contributed by atoms with Gasteiger partial charge in [0.1, 0.15) is 24.3 Å². The number of aldehydes is 1. The van der Waals surface area contributed by atoms with Crippen molar-refractivity contribution in [2.45, 2.75) is 39.1 Å². The van der Waals surface area contributed by atoms with Crippen LogP contribution in [0.4, 0.5) is 13.2 Å². The molecule has 0 heterocycles. The first-order chi connectivity index (χ1) is 16.2. The summed E-state index contributed by atoms with van der Waals surface area (Å²) in [5.74, 6) is -0.354. The van der Waals surface area contributed by atoms with Gasteiger partial charge in [-0.05, 0) is 61.9 Å². The molecule has 0 amide bonds. The standard InChI is InChI=1S/C26H29ClF3NO3/c1-18(28)6-4-9-25(24(26(29)30)17-33-22-12-10-21(27)11-13-22)31(3)15-20-7-5-8-23(14-20)34-19(2)16-32/h4-14,16,18-19,24,26H,15,17H2,1-3H3/b6-4-,25-9+. The highest BCUT2D eigenvalue weighted by molar-refractivity contribution is 6.30. The molecule has 0 saturated carbocycles. The molecule has 0 radical (unpaired) electrons. The van der Waals surface area contributed by atoms with Crippen molar-refractivity contribution >= 4 is 17.9 Å². The van der Waals surface area contributed by atoms with Gasteiger partial charge in [-0.15, -0.1) is 0 Å². The highest BCUT2D eigenvalue weighted by Gasteiger charge is 2.28. The number of halogens is 4. The van der Waals surface area contributed by atoms with E-state index in [9.17, 15) is 18.0 Å². The van der Waals surface area contributed by atoms with Gasteiger partial charge in [0, 0.05) is 24.3 Å². The van der Waals surface area contributed by atoms with Gasteiger partial charge in [0.25, 0.3) is 0 Å². The second-order valence-electron chi connectivity index (χ2n) is 7.82. The van der Waals surface area contributed by atoms with Crippen molar-refractivity contribution in [3.8, 4) is 11.5 Å². The first-order valence-electron chi connectivity index (χ1n) is 10.8. The van der Waals surface area contributed by atoms with Crippen LogP contribution in [0.3, 0.4) is 0 Å². The Labute approximate surface area is 203 Å². The van der Waals surface area contributed by atoms with Crippen LogP contribution in [0.25, 0.3) is 0 Å². The fraction of sp³-hybridized carbons (Fsp3) is 0.346. The first-order valence-corrected chi connectivity index (χ1v) is 11.2. The largest absolute Gasteiger partial charge is 0.493 e. The molecule has 3 unspecified atom stereocenters.